The first-order valence-corrected chi connectivity index (χ1v) is 8.25. The average molecular weight is 337 g/mol. The Morgan fingerprint density at radius 3 is 2.26 bits per heavy atom. The molecule has 0 saturated carbocycles. The molecule has 0 bridgehead atoms. The molecule has 1 aromatic rings. The number of nitrogens with zero attached hydrogens (tertiary/aromatic N) is 1. The van der Waals surface area contributed by atoms with Gasteiger partial charge in [0.05, 0.1) is 0 Å². The fraction of sp³-hybridized carbons (Fsp3) is 0.556. The maximum absolute atomic E-state index is 12.5. The van der Waals surface area contributed by atoms with Gasteiger partial charge in [0, 0.05) is 30.5 Å². The minimum atomic E-state index is 0. The van der Waals surface area contributed by atoms with E-state index in [9.17, 15) is 9.59 Å². The SMILES string of the molecule is CC(C(=O)N1CCC(C(=O)c2ccccc2)CC1)C1CNC1.Cl. The average Bonchev–Trinajstić information content (AvgIpc) is 2.53. The highest BCUT2D eigenvalue weighted by atomic mass is 35.5. The van der Waals surface area contributed by atoms with Crippen molar-refractivity contribution in [1.29, 1.82) is 0 Å². The van der Waals surface area contributed by atoms with Crippen LogP contribution in [0.15, 0.2) is 30.3 Å². The molecule has 2 saturated heterocycles. The Balaban J connectivity index is 0.00000192. The van der Waals surface area contributed by atoms with E-state index in [2.05, 4.69) is 5.32 Å². The van der Waals surface area contributed by atoms with E-state index in [0.717, 1.165) is 31.5 Å². The second kappa shape index (κ2) is 7.93. The highest BCUT2D eigenvalue weighted by Crippen LogP contribution is 2.25. The van der Waals surface area contributed by atoms with E-state index in [4.69, 9.17) is 0 Å². The number of amides is 1. The van der Waals surface area contributed by atoms with Crippen molar-refractivity contribution in [2.45, 2.75) is 19.8 Å². The topological polar surface area (TPSA) is 49.4 Å². The van der Waals surface area contributed by atoms with Gasteiger partial charge in [-0.1, -0.05) is 37.3 Å². The molecule has 1 amide bonds. The number of piperidine rings is 1. The van der Waals surface area contributed by atoms with E-state index in [-0.39, 0.29) is 35.9 Å². The van der Waals surface area contributed by atoms with Crippen LogP contribution in [-0.2, 0) is 4.79 Å². The Morgan fingerprint density at radius 2 is 1.74 bits per heavy atom. The van der Waals surface area contributed by atoms with E-state index in [1.807, 2.05) is 42.2 Å². The summed E-state index contributed by atoms with van der Waals surface area (Å²) in [5.74, 6) is 1.13. The van der Waals surface area contributed by atoms with Crippen LogP contribution in [0.4, 0.5) is 0 Å². The maximum atomic E-state index is 12.5. The van der Waals surface area contributed by atoms with Crippen LogP contribution in [0.5, 0.6) is 0 Å². The second-order valence-corrected chi connectivity index (χ2v) is 6.54. The minimum Gasteiger partial charge on any atom is -0.342 e. The molecule has 0 spiro atoms. The second-order valence-electron chi connectivity index (χ2n) is 6.54. The van der Waals surface area contributed by atoms with E-state index in [1.54, 1.807) is 0 Å². The Bertz CT molecular complexity index is 537. The summed E-state index contributed by atoms with van der Waals surface area (Å²) in [5.41, 5.74) is 0.793. The first-order valence-electron chi connectivity index (χ1n) is 8.25. The van der Waals surface area contributed by atoms with Crippen molar-refractivity contribution in [1.82, 2.24) is 10.2 Å². The number of hydrogen-bond donors (Lipinski definition) is 1. The van der Waals surface area contributed by atoms with Crippen molar-refractivity contribution in [2.75, 3.05) is 26.2 Å². The third kappa shape index (κ3) is 3.93. The van der Waals surface area contributed by atoms with Gasteiger partial charge in [0.15, 0.2) is 5.78 Å². The number of carbonyl (C=O) groups is 2. The molecular weight excluding hydrogens is 312 g/mol. The van der Waals surface area contributed by atoms with Crippen LogP contribution in [-0.4, -0.2) is 42.8 Å². The number of halogens is 1. The molecule has 0 aromatic heterocycles. The predicted octanol–water partition coefficient (Wildman–Crippen LogP) is 2.39. The molecule has 126 valence electrons. The first kappa shape index (κ1) is 18.0. The third-order valence-corrected chi connectivity index (χ3v) is 5.15. The number of rotatable bonds is 4. The molecule has 1 N–H and O–H groups in total. The van der Waals surface area contributed by atoms with Gasteiger partial charge in [0.1, 0.15) is 0 Å². The molecule has 4 nitrogen and oxygen atoms in total. The van der Waals surface area contributed by atoms with E-state index in [1.165, 1.54) is 0 Å². The van der Waals surface area contributed by atoms with Crippen LogP contribution in [0.3, 0.4) is 0 Å². The summed E-state index contributed by atoms with van der Waals surface area (Å²) < 4.78 is 0. The molecule has 0 radical (unpaired) electrons. The zero-order valence-electron chi connectivity index (χ0n) is 13.5. The summed E-state index contributed by atoms with van der Waals surface area (Å²) in [6.07, 6.45) is 1.57. The van der Waals surface area contributed by atoms with Crippen molar-refractivity contribution >= 4 is 24.1 Å². The van der Waals surface area contributed by atoms with Crippen LogP contribution < -0.4 is 5.32 Å². The summed E-state index contributed by atoms with van der Waals surface area (Å²) in [7, 11) is 0. The molecule has 2 fully saturated rings. The molecule has 1 unspecified atom stereocenters. The van der Waals surface area contributed by atoms with Crippen LogP contribution in [0, 0.1) is 17.8 Å². The lowest BCUT2D eigenvalue weighted by Gasteiger charge is -2.37. The third-order valence-electron chi connectivity index (χ3n) is 5.15. The summed E-state index contributed by atoms with van der Waals surface area (Å²) >= 11 is 0. The van der Waals surface area contributed by atoms with Gasteiger partial charge in [-0.05, 0) is 31.8 Å². The van der Waals surface area contributed by atoms with E-state index < -0.39 is 0 Å². The highest BCUT2D eigenvalue weighted by Gasteiger charge is 2.34. The molecular formula is C18H25ClN2O2. The zero-order valence-corrected chi connectivity index (χ0v) is 14.3. The Labute approximate surface area is 144 Å². The normalized spacial score (nSPS) is 20.3. The van der Waals surface area contributed by atoms with Gasteiger partial charge in [-0.2, -0.15) is 0 Å². The van der Waals surface area contributed by atoms with Gasteiger partial charge in [-0.25, -0.2) is 0 Å². The maximum Gasteiger partial charge on any atom is 0.225 e. The van der Waals surface area contributed by atoms with Crippen LogP contribution in [0.1, 0.15) is 30.1 Å². The predicted molar refractivity (Wildman–Crippen MR) is 92.8 cm³/mol. The number of nitrogens with one attached hydrogen (secondary N) is 1. The summed E-state index contributed by atoms with van der Waals surface area (Å²) in [6, 6.07) is 9.49. The molecule has 3 rings (SSSR count). The fourth-order valence-corrected chi connectivity index (χ4v) is 3.35. The molecule has 0 aliphatic carbocycles. The van der Waals surface area contributed by atoms with Crippen LogP contribution in [0.25, 0.3) is 0 Å². The van der Waals surface area contributed by atoms with Gasteiger partial charge in [0.2, 0.25) is 5.91 Å². The number of Topliss-reactive ketones (excluding diaryl/α,β-unsaturated/α-hetero) is 1. The van der Waals surface area contributed by atoms with Crippen molar-refractivity contribution in [3.63, 3.8) is 0 Å². The number of likely N-dealkylation sites (tertiary alicyclic amines) is 1. The van der Waals surface area contributed by atoms with Gasteiger partial charge < -0.3 is 10.2 Å². The van der Waals surface area contributed by atoms with Crippen molar-refractivity contribution in [3.05, 3.63) is 35.9 Å². The molecule has 5 heteroatoms. The number of ketones is 1. The van der Waals surface area contributed by atoms with Crippen molar-refractivity contribution in [2.24, 2.45) is 17.8 Å². The van der Waals surface area contributed by atoms with E-state index in [0.29, 0.717) is 19.0 Å². The smallest absolute Gasteiger partial charge is 0.225 e. The van der Waals surface area contributed by atoms with Crippen LogP contribution >= 0.6 is 12.4 Å². The summed E-state index contributed by atoms with van der Waals surface area (Å²) in [4.78, 5) is 26.9. The van der Waals surface area contributed by atoms with Gasteiger partial charge in [-0.3, -0.25) is 9.59 Å². The number of hydrogen-bond acceptors (Lipinski definition) is 3. The molecule has 2 aliphatic rings. The molecule has 2 aliphatic heterocycles. The molecule has 2 heterocycles. The van der Waals surface area contributed by atoms with Gasteiger partial charge in [-0.15, -0.1) is 12.4 Å². The lowest BCUT2D eigenvalue weighted by molar-refractivity contribution is -0.138. The Kier molecular flexibility index (Phi) is 6.19. The largest absolute Gasteiger partial charge is 0.342 e. The zero-order chi connectivity index (χ0) is 15.5. The minimum absolute atomic E-state index is 0. The van der Waals surface area contributed by atoms with Gasteiger partial charge in [0.25, 0.3) is 0 Å². The number of carbonyl (C=O) groups excluding carboxylic acids is 2. The molecule has 1 atom stereocenters. The number of benzene rings is 1. The van der Waals surface area contributed by atoms with Gasteiger partial charge >= 0.3 is 0 Å². The standard InChI is InChI=1S/C18H24N2O2.ClH/c1-13(16-11-19-12-16)18(22)20-9-7-15(8-10-20)17(21)14-5-3-2-4-6-14;/h2-6,13,15-16,19H,7-12H2,1H3;1H. The molecule has 1 aromatic carbocycles. The summed E-state index contributed by atoms with van der Waals surface area (Å²) in [5, 5.41) is 3.22. The van der Waals surface area contributed by atoms with Crippen molar-refractivity contribution in [3.8, 4) is 0 Å². The molecule has 23 heavy (non-hydrogen) atoms. The van der Waals surface area contributed by atoms with E-state index >= 15 is 0 Å². The highest BCUT2D eigenvalue weighted by molar-refractivity contribution is 5.98. The van der Waals surface area contributed by atoms with Crippen LogP contribution in [0.2, 0.25) is 0 Å². The fourth-order valence-electron chi connectivity index (χ4n) is 3.35. The van der Waals surface area contributed by atoms with Crippen molar-refractivity contribution < 1.29 is 9.59 Å². The quantitative estimate of drug-likeness (QED) is 0.859. The summed E-state index contributed by atoms with van der Waals surface area (Å²) in [6.45, 7) is 5.37. The first-order chi connectivity index (χ1) is 10.7. The monoisotopic (exact) mass is 336 g/mol. The Hall–Kier alpha value is -1.39. The lowest BCUT2D eigenvalue weighted by atomic mass is 9.85. The lowest BCUT2D eigenvalue weighted by Crippen LogP contribution is -2.51. The Morgan fingerprint density at radius 1 is 1.13 bits per heavy atom.